The van der Waals surface area contributed by atoms with Gasteiger partial charge in [0.2, 0.25) is 5.52 Å². The van der Waals surface area contributed by atoms with Gasteiger partial charge in [-0.25, -0.2) is 0 Å². The number of thiol groups is 1. The average molecular weight is 710 g/mol. The third-order valence-corrected chi connectivity index (χ3v) is 11.6. The zero-order chi connectivity index (χ0) is 31.2. The van der Waals surface area contributed by atoms with Crippen LogP contribution in [0.1, 0.15) is 23.4 Å². The summed E-state index contributed by atoms with van der Waals surface area (Å²) in [4.78, 5) is 3.57. The molecule has 0 radical (unpaired) electrons. The lowest BCUT2D eigenvalue weighted by atomic mass is 10.1. The molecule has 0 fully saturated rings. The summed E-state index contributed by atoms with van der Waals surface area (Å²) in [6, 6.07) is 12.1. The summed E-state index contributed by atoms with van der Waals surface area (Å²) in [6.07, 6.45) is -2.83. The number of thiophene rings is 1. The molecule has 1 aliphatic rings. The number of thiazole rings is 1. The second-order valence-corrected chi connectivity index (χ2v) is 16.3. The van der Waals surface area contributed by atoms with Crippen LogP contribution >= 0.6 is 47.1 Å². The molecule has 2 aromatic heterocycles. The lowest BCUT2D eigenvalue weighted by molar-refractivity contribution is -0.668. The first-order valence-corrected chi connectivity index (χ1v) is 18.8. The maximum atomic E-state index is 13.7. The highest BCUT2D eigenvalue weighted by Crippen LogP contribution is 2.49. The van der Waals surface area contributed by atoms with Crippen LogP contribution in [0.25, 0.3) is 26.7 Å². The molecular formula is C26H24F3N2O6S6+. The number of nitrogens with zero attached hydrogens (tertiary/aromatic N) is 2. The number of fused-ring (bicyclic) bond motifs is 2. The van der Waals surface area contributed by atoms with Gasteiger partial charge in [0.15, 0.2) is 6.54 Å². The molecule has 0 saturated carbocycles. The Hall–Kier alpha value is -2.12. The molecule has 2 aromatic carbocycles. The average Bonchev–Trinajstić information content (AvgIpc) is 3.60. The van der Waals surface area contributed by atoms with E-state index in [0.717, 1.165) is 27.1 Å². The van der Waals surface area contributed by atoms with Crippen molar-refractivity contribution < 1.29 is 43.7 Å². The van der Waals surface area contributed by atoms with E-state index in [0.29, 0.717) is 14.7 Å². The number of thioether (sulfide) groups is 1. The third kappa shape index (κ3) is 7.76. The van der Waals surface area contributed by atoms with E-state index >= 15 is 0 Å². The summed E-state index contributed by atoms with van der Waals surface area (Å²) in [6.45, 7) is 0.233. The van der Waals surface area contributed by atoms with Crippen molar-refractivity contribution in [3.8, 4) is 10.4 Å². The Balaban J connectivity index is 1.60. The zero-order valence-corrected chi connectivity index (χ0v) is 27.0. The van der Waals surface area contributed by atoms with Crippen LogP contribution in [0.15, 0.2) is 62.7 Å². The third-order valence-electron chi connectivity index (χ3n) is 6.50. The lowest BCUT2D eigenvalue weighted by Gasteiger charge is -2.20. The largest absolute Gasteiger partial charge is 0.417 e. The minimum atomic E-state index is -4.66. The van der Waals surface area contributed by atoms with E-state index in [1.807, 2.05) is 40.6 Å². The number of alkyl halides is 3. The molecule has 0 amide bonds. The Morgan fingerprint density at radius 3 is 2.37 bits per heavy atom. The molecular weight excluding hydrogens is 686 g/mol. The Bertz CT molecular complexity index is 1920. The van der Waals surface area contributed by atoms with Crippen LogP contribution < -0.4 is 9.47 Å². The maximum absolute atomic E-state index is 13.7. The van der Waals surface area contributed by atoms with Crippen molar-refractivity contribution in [3.63, 3.8) is 0 Å². The van der Waals surface area contributed by atoms with Crippen molar-refractivity contribution in [1.29, 1.82) is 0 Å². The number of aryl methyl sites for hydroxylation is 1. The molecule has 0 spiro atoms. The molecule has 0 aliphatic carbocycles. The number of rotatable bonds is 10. The van der Waals surface area contributed by atoms with Crippen molar-refractivity contribution in [1.82, 2.24) is 0 Å². The van der Waals surface area contributed by atoms with Gasteiger partial charge in [0.25, 0.3) is 25.2 Å². The quantitative estimate of drug-likeness (QED) is 0.0948. The SMILES string of the molecule is O=S(=O)(O)CCCN1C(=Cc2sc3cc(S)c(C(F)(F)F)cc3[n+]2CCCS(=O)(=O)O)Sc2ccc(-c3cccs3)cc21. The topological polar surface area (TPSA) is 116 Å². The highest BCUT2D eigenvalue weighted by molar-refractivity contribution is 8.04. The van der Waals surface area contributed by atoms with E-state index < -0.39 is 43.5 Å². The predicted octanol–water partition coefficient (Wildman–Crippen LogP) is 6.69. The van der Waals surface area contributed by atoms with E-state index in [1.54, 1.807) is 22.0 Å². The van der Waals surface area contributed by atoms with Gasteiger partial charge in [-0.15, -0.1) is 24.0 Å². The first-order valence-electron chi connectivity index (χ1n) is 12.6. The molecule has 0 bridgehead atoms. The molecule has 4 aromatic rings. The van der Waals surface area contributed by atoms with Crippen LogP contribution in [-0.4, -0.2) is 44.0 Å². The van der Waals surface area contributed by atoms with Crippen LogP contribution in [0.2, 0.25) is 0 Å². The van der Waals surface area contributed by atoms with E-state index in [4.69, 9.17) is 0 Å². The summed E-state index contributed by atoms with van der Waals surface area (Å²) in [5, 5.41) is 3.15. The molecule has 17 heteroatoms. The molecule has 2 N–H and O–H groups in total. The number of hydrogen-bond acceptors (Lipinski definition) is 9. The standard InChI is InChI=1S/C26H23F3N2O6S6/c27-26(28,29)17-13-19-23(14-20(17)38)41-25(31(19)8-3-11-43(35,36)37)15-24-30(7-2-10-42(32,33)34)18-12-16(5-6-22(18)40-24)21-4-1-9-39-21/h1,4-6,9,12-15H,2-3,7-8,10-11H2,(H2-,32,33,34,35,36,37,38)/p+1. The molecule has 5 rings (SSSR count). The van der Waals surface area contributed by atoms with Crippen LogP contribution in [0.3, 0.4) is 0 Å². The predicted molar refractivity (Wildman–Crippen MR) is 167 cm³/mol. The highest BCUT2D eigenvalue weighted by Gasteiger charge is 2.36. The fraction of sp³-hybridized carbons (Fsp3) is 0.269. The van der Waals surface area contributed by atoms with Crippen molar-refractivity contribution >= 4 is 89.3 Å². The fourth-order valence-electron chi connectivity index (χ4n) is 4.65. The number of benzene rings is 2. The molecule has 0 unspecified atom stereocenters. The molecule has 0 saturated heterocycles. The number of aromatic nitrogens is 1. The van der Waals surface area contributed by atoms with Gasteiger partial charge in [0, 0.05) is 33.7 Å². The Labute approximate surface area is 263 Å². The van der Waals surface area contributed by atoms with Gasteiger partial charge in [-0.3, -0.25) is 9.11 Å². The fourth-order valence-corrected chi connectivity index (χ4v) is 9.10. The van der Waals surface area contributed by atoms with Crippen molar-refractivity contribution in [2.75, 3.05) is 23.0 Å². The van der Waals surface area contributed by atoms with E-state index in [1.165, 1.54) is 29.2 Å². The first kappa shape index (κ1) is 32.3. The molecule has 0 atom stereocenters. The molecule has 1 aliphatic heterocycles. The van der Waals surface area contributed by atoms with Crippen LogP contribution in [0.5, 0.6) is 0 Å². The summed E-state index contributed by atoms with van der Waals surface area (Å²) in [7, 11) is -8.49. The van der Waals surface area contributed by atoms with E-state index in [-0.39, 0.29) is 36.3 Å². The van der Waals surface area contributed by atoms with Gasteiger partial charge in [-0.2, -0.15) is 34.6 Å². The van der Waals surface area contributed by atoms with Gasteiger partial charge >= 0.3 is 6.18 Å². The normalized spacial score (nSPS) is 15.1. The second kappa shape index (κ2) is 12.3. The number of anilines is 1. The summed E-state index contributed by atoms with van der Waals surface area (Å²) in [5.74, 6) is -1.03. The lowest BCUT2D eigenvalue weighted by Crippen LogP contribution is -2.36. The second-order valence-electron chi connectivity index (χ2n) is 9.60. The number of hydrogen-bond donors (Lipinski definition) is 3. The van der Waals surface area contributed by atoms with Gasteiger partial charge in [0.05, 0.1) is 33.9 Å². The van der Waals surface area contributed by atoms with Gasteiger partial charge in [-0.05, 0) is 41.6 Å². The minimum absolute atomic E-state index is 0.00498. The summed E-state index contributed by atoms with van der Waals surface area (Å²) >= 11 is 8.21. The highest BCUT2D eigenvalue weighted by atomic mass is 32.2. The zero-order valence-electron chi connectivity index (χ0n) is 22.0. The van der Waals surface area contributed by atoms with Crippen LogP contribution in [0, 0.1) is 0 Å². The smallest absolute Gasteiger partial charge is 0.335 e. The summed E-state index contributed by atoms with van der Waals surface area (Å²) in [5.41, 5.74) is 1.07. The summed E-state index contributed by atoms with van der Waals surface area (Å²) < 4.78 is 107. The minimum Gasteiger partial charge on any atom is -0.335 e. The Morgan fingerprint density at radius 2 is 1.72 bits per heavy atom. The van der Waals surface area contributed by atoms with Crippen molar-refractivity contribution in [2.45, 2.75) is 35.4 Å². The van der Waals surface area contributed by atoms with E-state index in [9.17, 15) is 39.1 Å². The Morgan fingerprint density at radius 1 is 1.00 bits per heavy atom. The molecule has 8 nitrogen and oxygen atoms in total. The molecule has 43 heavy (non-hydrogen) atoms. The van der Waals surface area contributed by atoms with Crippen molar-refractivity contribution in [3.05, 3.63) is 63.4 Å². The first-order chi connectivity index (χ1) is 20.1. The van der Waals surface area contributed by atoms with Crippen LogP contribution in [-0.2, 0) is 33.0 Å². The van der Waals surface area contributed by atoms with Gasteiger partial charge < -0.3 is 4.90 Å². The molecule has 3 heterocycles. The van der Waals surface area contributed by atoms with Crippen molar-refractivity contribution in [2.24, 2.45) is 0 Å². The molecule has 230 valence electrons. The number of halogens is 3. The van der Waals surface area contributed by atoms with E-state index in [2.05, 4.69) is 12.6 Å². The van der Waals surface area contributed by atoms with Gasteiger partial charge in [-0.1, -0.05) is 35.2 Å². The van der Waals surface area contributed by atoms with Gasteiger partial charge in [0.1, 0.15) is 4.70 Å². The monoisotopic (exact) mass is 709 g/mol. The Kier molecular flexibility index (Phi) is 9.27. The van der Waals surface area contributed by atoms with Crippen LogP contribution in [0.4, 0.5) is 18.9 Å². The maximum Gasteiger partial charge on any atom is 0.417 e.